The second kappa shape index (κ2) is 5.37. The molecule has 3 nitrogen and oxygen atoms in total. The Hall–Kier alpha value is -1.25. The molecule has 2 fully saturated rings. The summed E-state index contributed by atoms with van der Waals surface area (Å²) in [4.78, 5) is 11.7. The smallest absolute Gasteiger partial charge is 0.303 e. The van der Waals surface area contributed by atoms with E-state index in [1.54, 1.807) is 6.92 Å². The van der Waals surface area contributed by atoms with Crippen LogP contribution in [0.2, 0.25) is 0 Å². The van der Waals surface area contributed by atoms with Crippen LogP contribution in [0.4, 0.5) is 0 Å². The molecule has 0 aliphatic heterocycles. The number of fused-ring (bicyclic) bond motifs is 4. The van der Waals surface area contributed by atoms with Crippen molar-refractivity contribution in [1.29, 1.82) is 0 Å². The Kier molecular flexibility index (Phi) is 3.63. The van der Waals surface area contributed by atoms with Crippen LogP contribution in [0.3, 0.4) is 0 Å². The second-order valence-corrected chi connectivity index (χ2v) is 8.96. The summed E-state index contributed by atoms with van der Waals surface area (Å²) in [6.45, 7) is 8.58. The highest BCUT2D eigenvalue weighted by atomic mass is 16.6. The van der Waals surface area contributed by atoms with Gasteiger partial charge in [-0.1, -0.05) is 13.8 Å². The molecular formula is C21H30O3. The van der Waals surface area contributed by atoms with E-state index >= 15 is 0 Å². The Balaban J connectivity index is 1.71. The SMILES string of the molecule is CC(=O)O[C@@]1(C)CCC[C@@]2(C)[C@H]1CC[C@H]1[C@@H](C)c3ccoc3C[C@@H]12. The van der Waals surface area contributed by atoms with Gasteiger partial charge in [0.15, 0.2) is 0 Å². The molecule has 3 heteroatoms. The van der Waals surface area contributed by atoms with E-state index in [2.05, 4.69) is 26.8 Å². The molecule has 1 aromatic heterocycles. The van der Waals surface area contributed by atoms with Gasteiger partial charge in [0.1, 0.15) is 11.4 Å². The topological polar surface area (TPSA) is 39.4 Å². The molecule has 4 rings (SSSR count). The van der Waals surface area contributed by atoms with Crippen molar-refractivity contribution in [3.8, 4) is 0 Å². The van der Waals surface area contributed by atoms with Crippen LogP contribution in [-0.2, 0) is 16.0 Å². The number of hydrogen-bond acceptors (Lipinski definition) is 3. The van der Waals surface area contributed by atoms with Crippen molar-refractivity contribution >= 4 is 5.97 Å². The standard InChI is InChI=1S/C21H30O3/c1-13-15-6-7-19-20(3,9-5-10-21(19,4)24-14(2)22)17(15)12-18-16(13)8-11-23-18/h8,11,13,15,17,19H,5-7,9-10,12H2,1-4H3/t13-,15+,17+,19-,20-,21+/m1/s1. The fraction of sp³-hybridized carbons (Fsp3) is 0.762. The van der Waals surface area contributed by atoms with E-state index in [0.29, 0.717) is 17.8 Å². The molecule has 0 aromatic carbocycles. The highest BCUT2D eigenvalue weighted by molar-refractivity contribution is 5.66. The first-order chi connectivity index (χ1) is 11.3. The van der Waals surface area contributed by atoms with Gasteiger partial charge in [-0.05, 0) is 73.8 Å². The highest BCUT2D eigenvalue weighted by Crippen LogP contribution is 2.63. The third-order valence-corrected chi connectivity index (χ3v) is 7.77. The van der Waals surface area contributed by atoms with Crippen LogP contribution in [0, 0.1) is 23.2 Å². The number of carbonyl (C=O) groups is 1. The van der Waals surface area contributed by atoms with Crippen molar-refractivity contribution in [3.05, 3.63) is 23.7 Å². The van der Waals surface area contributed by atoms with E-state index < -0.39 is 0 Å². The Labute approximate surface area is 145 Å². The van der Waals surface area contributed by atoms with Gasteiger partial charge >= 0.3 is 5.97 Å². The van der Waals surface area contributed by atoms with Crippen LogP contribution >= 0.6 is 0 Å². The van der Waals surface area contributed by atoms with Crippen LogP contribution in [0.1, 0.15) is 77.0 Å². The normalized spacial score (nSPS) is 44.2. The summed E-state index contributed by atoms with van der Waals surface area (Å²) in [6.07, 6.45) is 8.75. The van der Waals surface area contributed by atoms with Crippen molar-refractivity contribution < 1.29 is 13.9 Å². The molecule has 0 bridgehead atoms. The zero-order chi connectivity index (χ0) is 17.1. The summed E-state index contributed by atoms with van der Waals surface area (Å²) in [5, 5.41) is 0. The maximum atomic E-state index is 11.7. The van der Waals surface area contributed by atoms with Gasteiger partial charge in [-0.2, -0.15) is 0 Å². The summed E-state index contributed by atoms with van der Waals surface area (Å²) in [5.74, 6) is 3.49. The quantitative estimate of drug-likeness (QED) is 0.673. The monoisotopic (exact) mass is 330 g/mol. The number of esters is 1. The van der Waals surface area contributed by atoms with Crippen molar-refractivity contribution in [2.24, 2.45) is 23.2 Å². The van der Waals surface area contributed by atoms with Crippen molar-refractivity contribution in [2.45, 2.75) is 77.7 Å². The van der Waals surface area contributed by atoms with Gasteiger partial charge in [0, 0.05) is 19.3 Å². The third kappa shape index (κ3) is 2.19. The average molecular weight is 330 g/mol. The van der Waals surface area contributed by atoms with E-state index in [9.17, 15) is 4.79 Å². The van der Waals surface area contributed by atoms with Crippen LogP contribution in [0.15, 0.2) is 16.7 Å². The molecule has 0 unspecified atom stereocenters. The molecule has 24 heavy (non-hydrogen) atoms. The fourth-order valence-electron chi connectivity index (χ4n) is 6.78. The maximum Gasteiger partial charge on any atom is 0.303 e. The molecule has 0 spiro atoms. The lowest BCUT2D eigenvalue weighted by atomic mass is 9.45. The Morgan fingerprint density at radius 2 is 2.08 bits per heavy atom. The van der Waals surface area contributed by atoms with Crippen LogP contribution in [0.25, 0.3) is 0 Å². The average Bonchev–Trinajstić information content (AvgIpc) is 2.96. The first-order valence-corrected chi connectivity index (χ1v) is 9.61. The van der Waals surface area contributed by atoms with E-state index in [-0.39, 0.29) is 17.0 Å². The number of carbonyl (C=O) groups excluding carboxylic acids is 1. The lowest BCUT2D eigenvalue weighted by Gasteiger charge is -2.61. The van der Waals surface area contributed by atoms with E-state index in [4.69, 9.17) is 9.15 Å². The molecule has 2 saturated carbocycles. The lowest BCUT2D eigenvalue weighted by molar-refractivity contribution is -0.193. The predicted molar refractivity (Wildman–Crippen MR) is 92.7 cm³/mol. The summed E-state index contributed by atoms with van der Waals surface area (Å²) in [5.41, 5.74) is 1.37. The second-order valence-electron chi connectivity index (χ2n) is 8.96. The fourth-order valence-corrected chi connectivity index (χ4v) is 6.78. The van der Waals surface area contributed by atoms with E-state index in [0.717, 1.165) is 25.2 Å². The zero-order valence-electron chi connectivity index (χ0n) is 15.4. The van der Waals surface area contributed by atoms with Crippen LogP contribution < -0.4 is 0 Å². The molecule has 132 valence electrons. The van der Waals surface area contributed by atoms with Gasteiger partial charge in [0.2, 0.25) is 0 Å². The van der Waals surface area contributed by atoms with Crippen molar-refractivity contribution in [1.82, 2.24) is 0 Å². The molecule has 1 aromatic rings. The minimum atomic E-state index is -0.295. The van der Waals surface area contributed by atoms with Crippen molar-refractivity contribution in [3.63, 3.8) is 0 Å². The molecular weight excluding hydrogens is 300 g/mol. The summed E-state index contributed by atoms with van der Waals surface area (Å²) in [7, 11) is 0. The van der Waals surface area contributed by atoms with Crippen LogP contribution in [-0.4, -0.2) is 11.6 Å². The molecule has 1 heterocycles. The zero-order valence-corrected chi connectivity index (χ0v) is 15.4. The van der Waals surface area contributed by atoms with Gasteiger partial charge < -0.3 is 9.15 Å². The van der Waals surface area contributed by atoms with E-state index in [1.165, 1.54) is 30.6 Å². The minimum absolute atomic E-state index is 0.130. The first-order valence-electron chi connectivity index (χ1n) is 9.61. The largest absolute Gasteiger partial charge is 0.469 e. The van der Waals surface area contributed by atoms with Gasteiger partial charge in [0.25, 0.3) is 0 Å². The molecule has 3 aliphatic carbocycles. The first kappa shape index (κ1) is 16.2. The molecule has 0 saturated heterocycles. The highest BCUT2D eigenvalue weighted by Gasteiger charge is 2.59. The van der Waals surface area contributed by atoms with Gasteiger partial charge in [-0.15, -0.1) is 0 Å². The summed E-state index contributed by atoms with van der Waals surface area (Å²) < 4.78 is 11.7. The summed E-state index contributed by atoms with van der Waals surface area (Å²) >= 11 is 0. The molecule has 6 atom stereocenters. The van der Waals surface area contributed by atoms with Crippen LogP contribution in [0.5, 0.6) is 0 Å². The van der Waals surface area contributed by atoms with Gasteiger partial charge in [-0.25, -0.2) is 0 Å². The lowest BCUT2D eigenvalue weighted by Crippen LogP contribution is -2.58. The Bertz CT molecular complexity index is 647. The third-order valence-electron chi connectivity index (χ3n) is 7.77. The molecule has 3 aliphatic rings. The number of furan rings is 1. The Morgan fingerprint density at radius 1 is 1.29 bits per heavy atom. The predicted octanol–water partition coefficient (Wildman–Crippen LogP) is 5.09. The van der Waals surface area contributed by atoms with Gasteiger partial charge in [-0.3, -0.25) is 4.79 Å². The summed E-state index contributed by atoms with van der Waals surface area (Å²) in [6, 6.07) is 2.18. The van der Waals surface area contributed by atoms with E-state index in [1.807, 2.05) is 6.26 Å². The molecule has 0 radical (unpaired) electrons. The number of rotatable bonds is 1. The number of hydrogen-bond donors (Lipinski definition) is 0. The Morgan fingerprint density at radius 3 is 2.83 bits per heavy atom. The maximum absolute atomic E-state index is 11.7. The number of ether oxygens (including phenoxy) is 1. The molecule has 0 N–H and O–H groups in total. The minimum Gasteiger partial charge on any atom is -0.469 e. The molecule has 0 amide bonds. The van der Waals surface area contributed by atoms with Crippen molar-refractivity contribution in [2.75, 3.05) is 0 Å². The van der Waals surface area contributed by atoms with Gasteiger partial charge in [0.05, 0.1) is 6.26 Å².